The molecule has 0 aliphatic carbocycles. The van der Waals surface area contributed by atoms with Crippen molar-refractivity contribution in [1.82, 2.24) is 14.9 Å². The highest BCUT2D eigenvalue weighted by Crippen LogP contribution is 2.17. The molecule has 1 aromatic heterocycles. The summed E-state index contributed by atoms with van der Waals surface area (Å²) in [7, 11) is 1.75. The number of nitrogens with zero attached hydrogens (tertiary/aromatic N) is 2. The number of likely N-dealkylation sites (N-methyl/N-ethyl adjacent to an activating group) is 1. The molecule has 0 aliphatic heterocycles. The van der Waals surface area contributed by atoms with Gasteiger partial charge in [-0.3, -0.25) is 0 Å². The first-order valence-corrected chi connectivity index (χ1v) is 6.96. The van der Waals surface area contributed by atoms with Crippen LogP contribution in [0.5, 0.6) is 0 Å². The van der Waals surface area contributed by atoms with E-state index in [1.165, 1.54) is 5.52 Å². The summed E-state index contributed by atoms with van der Waals surface area (Å²) in [4.78, 5) is 4.70. The molecule has 0 bridgehead atoms. The van der Waals surface area contributed by atoms with E-state index >= 15 is 0 Å². The molecule has 0 saturated heterocycles. The molecule has 0 radical (unpaired) electrons. The quantitative estimate of drug-likeness (QED) is 0.830. The van der Waals surface area contributed by atoms with Gasteiger partial charge in [0.25, 0.3) is 0 Å². The van der Waals surface area contributed by atoms with Crippen LogP contribution in [0.25, 0.3) is 11.0 Å². The van der Waals surface area contributed by atoms with E-state index in [1.807, 2.05) is 6.07 Å². The Bertz CT molecular complexity index is 515. The van der Waals surface area contributed by atoms with Gasteiger partial charge < -0.3 is 14.6 Å². The number of para-hydroxylation sites is 2. The number of imidazole rings is 1. The minimum atomic E-state index is 0.318. The van der Waals surface area contributed by atoms with Crippen molar-refractivity contribution in [3.8, 4) is 0 Å². The van der Waals surface area contributed by atoms with Crippen molar-refractivity contribution in [2.75, 3.05) is 20.3 Å². The summed E-state index contributed by atoms with van der Waals surface area (Å²) in [5.74, 6) is 1.14. The van der Waals surface area contributed by atoms with E-state index in [1.54, 1.807) is 7.11 Å². The number of fused-ring (bicyclic) bond motifs is 1. The molecule has 1 aromatic carbocycles. The Hall–Kier alpha value is -1.39. The van der Waals surface area contributed by atoms with Crippen LogP contribution in [0.15, 0.2) is 24.3 Å². The first-order valence-electron chi connectivity index (χ1n) is 6.96. The normalized spacial score (nSPS) is 13.0. The molecule has 0 amide bonds. The van der Waals surface area contributed by atoms with E-state index in [0.29, 0.717) is 12.6 Å². The molecule has 1 unspecified atom stereocenters. The summed E-state index contributed by atoms with van der Waals surface area (Å²) in [6.07, 6.45) is 0.945. The first kappa shape index (κ1) is 14.0. The molecule has 104 valence electrons. The average Bonchev–Trinajstić information content (AvgIpc) is 2.78. The first-order chi connectivity index (χ1) is 9.30. The van der Waals surface area contributed by atoms with E-state index in [4.69, 9.17) is 9.72 Å². The van der Waals surface area contributed by atoms with Crippen molar-refractivity contribution in [3.05, 3.63) is 30.1 Å². The van der Waals surface area contributed by atoms with Gasteiger partial charge in [0.1, 0.15) is 5.82 Å². The van der Waals surface area contributed by atoms with Crippen LogP contribution < -0.4 is 5.32 Å². The van der Waals surface area contributed by atoms with Crippen molar-refractivity contribution in [2.24, 2.45) is 0 Å². The molecule has 0 aliphatic rings. The van der Waals surface area contributed by atoms with Crippen LogP contribution in [0.4, 0.5) is 0 Å². The van der Waals surface area contributed by atoms with Crippen molar-refractivity contribution in [3.63, 3.8) is 0 Å². The molecule has 4 nitrogen and oxygen atoms in total. The third kappa shape index (κ3) is 3.14. The van der Waals surface area contributed by atoms with Gasteiger partial charge in [0, 0.05) is 26.1 Å². The van der Waals surface area contributed by atoms with E-state index in [-0.39, 0.29) is 0 Å². The number of nitrogens with one attached hydrogen (secondary N) is 1. The minimum absolute atomic E-state index is 0.318. The second kappa shape index (κ2) is 6.68. The zero-order valence-electron chi connectivity index (χ0n) is 12.0. The number of hydrogen-bond acceptors (Lipinski definition) is 3. The van der Waals surface area contributed by atoms with Gasteiger partial charge in [-0.05, 0) is 18.7 Å². The number of benzene rings is 1. The third-order valence-corrected chi connectivity index (χ3v) is 3.31. The number of rotatable bonds is 7. The van der Waals surface area contributed by atoms with Crippen molar-refractivity contribution >= 4 is 11.0 Å². The van der Waals surface area contributed by atoms with Crippen LogP contribution in [0.2, 0.25) is 0 Å². The van der Waals surface area contributed by atoms with Crippen LogP contribution in [-0.2, 0) is 17.7 Å². The summed E-state index contributed by atoms with van der Waals surface area (Å²) in [5, 5.41) is 3.46. The van der Waals surface area contributed by atoms with E-state index in [2.05, 4.69) is 41.9 Å². The second-order valence-electron chi connectivity index (χ2n) is 4.69. The Morgan fingerprint density at radius 3 is 2.79 bits per heavy atom. The SMILES string of the molecule is CCNC(COC)Cn1c(CC)nc2ccccc21. The number of hydrogen-bond donors (Lipinski definition) is 1. The molecule has 2 rings (SSSR count). The lowest BCUT2D eigenvalue weighted by Crippen LogP contribution is -2.37. The lowest BCUT2D eigenvalue weighted by atomic mass is 10.2. The molecule has 4 heteroatoms. The molecule has 1 atom stereocenters. The van der Waals surface area contributed by atoms with Gasteiger partial charge in [-0.1, -0.05) is 26.0 Å². The van der Waals surface area contributed by atoms with Gasteiger partial charge in [0.05, 0.1) is 17.6 Å². The fourth-order valence-corrected chi connectivity index (χ4v) is 2.49. The molecule has 1 N–H and O–H groups in total. The summed E-state index contributed by atoms with van der Waals surface area (Å²) < 4.78 is 7.60. The number of aryl methyl sites for hydroxylation is 1. The number of ether oxygens (including phenoxy) is 1. The van der Waals surface area contributed by atoms with Gasteiger partial charge in [-0.15, -0.1) is 0 Å². The smallest absolute Gasteiger partial charge is 0.109 e. The van der Waals surface area contributed by atoms with E-state index in [0.717, 1.165) is 30.9 Å². The average molecular weight is 261 g/mol. The maximum Gasteiger partial charge on any atom is 0.109 e. The predicted octanol–water partition coefficient (Wildman–Crippen LogP) is 2.22. The Kier molecular flexibility index (Phi) is 4.93. The highest BCUT2D eigenvalue weighted by Gasteiger charge is 2.14. The Labute approximate surface area is 114 Å². The summed E-state index contributed by atoms with van der Waals surface area (Å²) in [6, 6.07) is 8.63. The zero-order valence-corrected chi connectivity index (χ0v) is 12.0. The van der Waals surface area contributed by atoms with Crippen LogP contribution in [0.1, 0.15) is 19.7 Å². The zero-order chi connectivity index (χ0) is 13.7. The fourth-order valence-electron chi connectivity index (χ4n) is 2.49. The molecular weight excluding hydrogens is 238 g/mol. The van der Waals surface area contributed by atoms with Gasteiger partial charge in [0.2, 0.25) is 0 Å². The van der Waals surface area contributed by atoms with E-state index in [9.17, 15) is 0 Å². The Balaban J connectivity index is 2.31. The largest absolute Gasteiger partial charge is 0.383 e. The summed E-state index contributed by atoms with van der Waals surface area (Å²) in [6.45, 7) is 6.82. The van der Waals surface area contributed by atoms with Gasteiger partial charge >= 0.3 is 0 Å². The Morgan fingerprint density at radius 2 is 2.11 bits per heavy atom. The van der Waals surface area contributed by atoms with Gasteiger partial charge in [0.15, 0.2) is 0 Å². The predicted molar refractivity (Wildman–Crippen MR) is 78.5 cm³/mol. The second-order valence-corrected chi connectivity index (χ2v) is 4.69. The fraction of sp³-hybridized carbons (Fsp3) is 0.533. The number of aromatic nitrogens is 2. The molecule has 0 fully saturated rings. The van der Waals surface area contributed by atoms with Gasteiger partial charge in [-0.25, -0.2) is 4.98 Å². The standard InChI is InChI=1S/C15H23N3O/c1-4-15-17-13-8-6-7-9-14(13)18(15)10-12(11-19-3)16-5-2/h6-9,12,16H,4-5,10-11H2,1-3H3. The molecule has 1 heterocycles. The van der Waals surface area contributed by atoms with Crippen molar-refractivity contribution < 1.29 is 4.74 Å². The lowest BCUT2D eigenvalue weighted by molar-refractivity contribution is 0.159. The maximum atomic E-state index is 5.29. The minimum Gasteiger partial charge on any atom is -0.383 e. The summed E-state index contributed by atoms with van der Waals surface area (Å²) in [5.41, 5.74) is 2.28. The molecule has 0 saturated carbocycles. The monoisotopic (exact) mass is 261 g/mol. The van der Waals surface area contributed by atoms with Crippen molar-refractivity contribution in [1.29, 1.82) is 0 Å². The maximum absolute atomic E-state index is 5.29. The molecular formula is C15H23N3O. The van der Waals surface area contributed by atoms with E-state index < -0.39 is 0 Å². The van der Waals surface area contributed by atoms with Crippen LogP contribution in [-0.4, -0.2) is 35.9 Å². The summed E-state index contributed by atoms with van der Waals surface area (Å²) >= 11 is 0. The number of methoxy groups -OCH3 is 1. The molecule has 0 spiro atoms. The lowest BCUT2D eigenvalue weighted by Gasteiger charge is -2.19. The van der Waals surface area contributed by atoms with Crippen LogP contribution >= 0.6 is 0 Å². The molecule has 2 aromatic rings. The van der Waals surface area contributed by atoms with Crippen LogP contribution in [0, 0.1) is 0 Å². The van der Waals surface area contributed by atoms with Crippen LogP contribution in [0.3, 0.4) is 0 Å². The topological polar surface area (TPSA) is 39.1 Å². The highest BCUT2D eigenvalue weighted by molar-refractivity contribution is 5.75. The highest BCUT2D eigenvalue weighted by atomic mass is 16.5. The Morgan fingerprint density at radius 1 is 1.32 bits per heavy atom. The molecule has 19 heavy (non-hydrogen) atoms. The van der Waals surface area contributed by atoms with Crippen molar-refractivity contribution in [2.45, 2.75) is 32.9 Å². The van der Waals surface area contributed by atoms with Gasteiger partial charge in [-0.2, -0.15) is 0 Å². The third-order valence-electron chi connectivity index (χ3n) is 3.31.